The quantitative estimate of drug-likeness (QED) is 0.375. The number of thiocarbonyl (C=S) groups is 1. The molecule has 0 saturated carbocycles. The summed E-state index contributed by atoms with van der Waals surface area (Å²) >= 11 is 5.32. The summed E-state index contributed by atoms with van der Waals surface area (Å²) in [5.41, 5.74) is 1.01. The number of rotatable bonds is 10. The fraction of sp³-hybridized carbons (Fsp3) is 0.333. The first-order valence-electron chi connectivity index (χ1n) is 7.81. The lowest BCUT2D eigenvalue weighted by atomic mass is 10.1. The van der Waals surface area contributed by atoms with Gasteiger partial charge in [0.15, 0.2) is 6.61 Å². The third kappa shape index (κ3) is 8.63. The fourth-order valence-corrected chi connectivity index (χ4v) is 2.22. The molecule has 0 heterocycles. The highest BCUT2D eigenvalue weighted by molar-refractivity contribution is 7.80. The molecule has 0 aliphatic carbocycles. The first kappa shape index (κ1) is 20.3. The summed E-state index contributed by atoms with van der Waals surface area (Å²) in [6, 6.07) is 10.9. The predicted molar refractivity (Wildman–Crippen MR) is 98.7 cm³/mol. The van der Waals surface area contributed by atoms with Crippen LogP contribution in [0.5, 0.6) is 0 Å². The van der Waals surface area contributed by atoms with Crippen molar-refractivity contribution in [1.82, 2.24) is 10.6 Å². The van der Waals surface area contributed by atoms with E-state index in [9.17, 15) is 9.59 Å². The molecule has 1 amide bonds. The number of nitrogens with zero attached hydrogens (tertiary/aromatic N) is 1. The van der Waals surface area contributed by atoms with E-state index < -0.39 is 12.0 Å². The van der Waals surface area contributed by atoms with Gasteiger partial charge in [-0.05, 0) is 18.4 Å². The van der Waals surface area contributed by atoms with Crippen molar-refractivity contribution in [2.45, 2.75) is 25.3 Å². The van der Waals surface area contributed by atoms with Crippen LogP contribution in [-0.2, 0) is 20.7 Å². The highest BCUT2D eigenvalue weighted by Crippen LogP contribution is 2.05. The highest BCUT2D eigenvalue weighted by atomic mass is 32.1. The van der Waals surface area contributed by atoms with Gasteiger partial charge in [-0.1, -0.05) is 48.6 Å². The summed E-state index contributed by atoms with van der Waals surface area (Å²) in [6.45, 7) is 3.13. The van der Waals surface area contributed by atoms with Crippen molar-refractivity contribution >= 4 is 29.1 Å². The van der Waals surface area contributed by atoms with E-state index in [4.69, 9.17) is 17.5 Å². The summed E-state index contributed by atoms with van der Waals surface area (Å²) in [5, 5.41) is 14.0. The van der Waals surface area contributed by atoms with Gasteiger partial charge in [0.1, 0.15) is 12.6 Å². The largest absolute Gasteiger partial charge is 0.449 e. The number of nitriles is 1. The zero-order valence-corrected chi connectivity index (χ0v) is 14.7. The summed E-state index contributed by atoms with van der Waals surface area (Å²) in [6.07, 6.45) is 3.07. The van der Waals surface area contributed by atoms with Crippen molar-refractivity contribution in [1.29, 1.82) is 5.26 Å². The zero-order chi connectivity index (χ0) is 18.5. The van der Waals surface area contributed by atoms with E-state index in [0.29, 0.717) is 24.3 Å². The summed E-state index contributed by atoms with van der Waals surface area (Å²) < 4.78 is 4.65. The van der Waals surface area contributed by atoms with Gasteiger partial charge in [0.25, 0.3) is 0 Å². The molecule has 0 spiro atoms. The number of nitrogens with one attached hydrogen (secondary N) is 2. The Bertz CT molecular complexity index is 641. The van der Waals surface area contributed by atoms with Gasteiger partial charge in [-0.2, -0.15) is 5.26 Å². The van der Waals surface area contributed by atoms with E-state index in [1.54, 1.807) is 12.1 Å². The van der Waals surface area contributed by atoms with Crippen molar-refractivity contribution in [3.63, 3.8) is 0 Å². The van der Waals surface area contributed by atoms with Gasteiger partial charge in [-0.25, -0.2) is 0 Å². The molecule has 0 unspecified atom stereocenters. The van der Waals surface area contributed by atoms with E-state index >= 15 is 0 Å². The minimum absolute atomic E-state index is 0.142. The Hall–Kier alpha value is -2.72. The van der Waals surface area contributed by atoms with E-state index in [0.717, 1.165) is 5.56 Å². The molecule has 25 heavy (non-hydrogen) atoms. The maximum absolute atomic E-state index is 12.0. The van der Waals surface area contributed by atoms with Gasteiger partial charge in [0.2, 0.25) is 5.91 Å². The van der Waals surface area contributed by atoms with Gasteiger partial charge in [-0.3, -0.25) is 9.59 Å². The average molecular weight is 359 g/mol. The second-order valence-electron chi connectivity index (χ2n) is 5.17. The number of allylic oxidation sites excluding steroid dienone is 1. The SMILES string of the molecule is C=CCCC(=O)N[C@@H](Cc1ccccc1)C(=S)NCC(=O)OCC#N. The van der Waals surface area contributed by atoms with Crippen molar-refractivity contribution in [2.24, 2.45) is 0 Å². The second-order valence-corrected chi connectivity index (χ2v) is 5.61. The molecular weight excluding hydrogens is 338 g/mol. The lowest BCUT2D eigenvalue weighted by Gasteiger charge is -2.21. The smallest absolute Gasteiger partial charge is 0.326 e. The first-order chi connectivity index (χ1) is 12.1. The molecule has 1 atom stereocenters. The molecule has 2 N–H and O–H groups in total. The van der Waals surface area contributed by atoms with Crippen molar-refractivity contribution in [3.05, 3.63) is 48.6 Å². The first-order valence-corrected chi connectivity index (χ1v) is 8.22. The molecule has 6 nitrogen and oxygen atoms in total. The Morgan fingerprint density at radius 2 is 2.08 bits per heavy atom. The van der Waals surface area contributed by atoms with Gasteiger partial charge >= 0.3 is 5.97 Å². The molecule has 132 valence electrons. The molecule has 0 bridgehead atoms. The van der Waals surface area contributed by atoms with E-state index in [1.165, 1.54) is 0 Å². The Kier molecular flexibility index (Phi) is 9.56. The van der Waals surface area contributed by atoms with Crippen LogP contribution >= 0.6 is 12.2 Å². The molecule has 0 radical (unpaired) electrons. The molecule has 0 saturated heterocycles. The van der Waals surface area contributed by atoms with Gasteiger partial charge in [0.05, 0.1) is 11.0 Å². The molecule has 0 aliphatic rings. The number of ether oxygens (including phenoxy) is 1. The number of amides is 1. The summed E-state index contributed by atoms with van der Waals surface area (Å²) in [4.78, 5) is 23.8. The summed E-state index contributed by atoms with van der Waals surface area (Å²) in [5.74, 6) is -0.725. The third-order valence-corrected chi connectivity index (χ3v) is 3.64. The van der Waals surface area contributed by atoms with Crippen LogP contribution in [0.1, 0.15) is 18.4 Å². The zero-order valence-electron chi connectivity index (χ0n) is 13.9. The van der Waals surface area contributed by atoms with Crippen LogP contribution in [0.2, 0.25) is 0 Å². The standard InChI is InChI=1S/C18H21N3O3S/c1-2-3-9-16(22)21-15(12-14-7-5-4-6-8-14)18(25)20-13-17(23)24-11-10-19/h2,4-8,15H,1,3,9,11-13H2,(H,20,25)(H,21,22)/t15-/m0/s1. The van der Waals surface area contributed by atoms with Crippen LogP contribution in [0.4, 0.5) is 0 Å². The third-order valence-electron chi connectivity index (χ3n) is 3.21. The number of esters is 1. The molecular formula is C18H21N3O3S. The van der Waals surface area contributed by atoms with Gasteiger partial charge < -0.3 is 15.4 Å². The lowest BCUT2D eigenvalue weighted by molar-refractivity contribution is -0.140. The number of benzene rings is 1. The number of carbonyl (C=O) groups is 2. The van der Waals surface area contributed by atoms with Crippen molar-refractivity contribution in [2.75, 3.05) is 13.2 Å². The van der Waals surface area contributed by atoms with Crippen LogP contribution in [-0.4, -0.2) is 36.1 Å². The maximum Gasteiger partial charge on any atom is 0.326 e. The molecule has 7 heteroatoms. The van der Waals surface area contributed by atoms with Crippen LogP contribution in [0.15, 0.2) is 43.0 Å². The number of hydrogen-bond donors (Lipinski definition) is 2. The number of carbonyl (C=O) groups excluding carboxylic acids is 2. The molecule has 1 rings (SSSR count). The van der Waals surface area contributed by atoms with E-state index in [1.807, 2.05) is 30.3 Å². The number of hydrogen-bond acceptors (Lipinski definition) is 5. The second kappa shape index (κ2) is 11.8. The fourth-order valence-electron chi connectivity index (χ4n) is 2.01. The Labute approximate surface area is 152 Å². The van der Waals surface area contributed by atoms with Crippen LogP contribution in [0, 0.1) is 11.3 Å². The molecule has 0 aromatic heterocycles. The van der Waals surface area contributed by atoms with Gasteiger partial charge in [0, 0.05) is 6.42 Å². The van der Waals surface area contributed by atoms with Gasteiger partial charge in [-0.15, -0.1) is 6.58 Å². The Morgan fingerprint density at radius 1 is 1.36 bits per heavy atom. The average Bonchev–Trinajstić information content (AvgIpc) is 2.63. The minimum Gasteiger partial charge on any atom is -0.449 e. The highest BCUT2D eigenvalue weighted by Gasteiger charge is 2.18. The Balaban J connectivity index is 2.66. The monoisotopic (exact) mass is 359 g/mol. The molecule has 0 aliphatic heterocycles. The van der Waals surface area contributed by atoms with Crippen LogP contribution < -0.4 is 10.6 Å². The minimum atomic E-state index is -0.583. The topological polar surface area (TPSA) is 91.2 Å². The van der Waals surface area contributed by atoms with Crippen molar-refractivity contribution < 1.29 is 14.3 Å². The molecule has 1 aromatic carbocycles. The van der Waals surface area contributed by atoms with Crippen molar-refractivity contribution in [3.8, 4) is 6.07 Å². The normalized spacial score (nSPS) is 10.8. The maximum atomic E-state index is 12.0. The van der Waals surface area contributed by atoms with E-state index in [2.05, 4.69) is 21.9 Å². The molecule has 0 fully saturated rings. The van der Waals surface area contributed by atoms with E-state index in [-0.39, 0.29) is 19.1 Å². The van der Waals surface area contributed by atoms with Crippen LogP contribution in [0.3, 0.4) is 0 Å². The predicted octanol–water partition coefficient (Wildman–Crippen LogP) is 1.66. The molecule has 1 aromatic rings. The summed E-state index contributed by atoms with van der Waals surface area (Å²) in [7, 11) is 0. The lowest BCUT2D eigenvalue weighted by Crippen LogP contribution is -2.48. The van der Waals surface area contributed by atoms with Crippen LogP contribution in [0.25, 0.3) is 0 Å². The Morgan fingerprint density at radius 3 is 2.72 bits per heavy atom.